The predicted molar refractivity (Wildman–Crippen MR) is 58.5 cm³/mol. The Kier molecular flexibility index (Phi) is 9.00. The van der Waals surface area contributed by atoms with Crippen molar-refractivity contribution >= 4 is 26.2 Å². The number of carbonyl (C=O) groups is 2. The summed E-state index contributed by atoms with van der Waals surface area (Å²) in [6.07, 6.45) is 4.80. The van der Waals surface area contributed by atoms with Crippen molar-refractivity contribution in [1.29, 1.82) is 0 Å². The molecule has 0 heterocycles. The molecule has 0 spiro atoms. The average molecular weight is 264 g/mol. The summed E-state index contributed by atoms with van der Waals surface area (Å²) in [4.78, 5) is 23.4. The maximum atomic E-state index is 11.5. The molecule has 4 heteroatoms. The van der Waals surface area contributed by atoms with Gasteiger partial charge in [-0.15, -0.1) is 0 Å². The number of imide groups is 1. The molecule has 0 aromatic heterocycles. The molecule has 0 atom stereocenters. The van der Waals surface area contributed by atoms with E-state index < -0.39 is 0 Å². The van der Waals surface area contributed by atoms with Crippen LogP contribution in [0.1, 0.15) is 39.5 Å². The van der Waals surface area contributed by atoms with Crippen LogP contribution in [0.3, 0.4) is 0 Å². The van der Waals surface area contributed by atoms with Crippen LogP contribution in [0.25, 0.3) is 0 Å². The minimum atomic E-state index is -0.0370. The molecule has 0 rings (SSSR count). The van der Waals surface area contributed by atoms with E-state index in [2.05, 4.69) is 13.8 Å². The van der Waals surface area contributed by atoms with Crippen LogP contribution in [0.4, 0.5) is 4.79 Å². The van der Waals surface area contributed by atoms with E-state index in [1.807, 2.05) is 0 Å². The number of hydrogen-bond acceptors (Lipinski definition) is 2. The Labute approximate surface area is 92.4 Å². The number of unbranched alkanes of at least 4 members (excludes halogenated alkanes) is 2. The van der Waals surface area contributed by atoms with Crippen molar-refractivity contribution in [2.24, 2.45) is 0 Å². The van der Waals surface area contributed by atoms with Gasteiger partial charge in [0.05, 0.1) is 0 Å². The van der Waals surface area contributed by atoms with Crippen molar-refractivity contribution in [3.05, 3.63) is 0 Å². The predicted octanol–water partition coefficient (Wildman–Crippen LogP) is 2.29. The van der Waals surface area contributed by atoms with Gasteiger partial charge in [-0.05, 0) is 0 Å². The summed E-state index contributed by atoms with van der Waals surface area (Å²) in [6.45, 7) is 4.75. The first kappa shape index (κ1) is 13.7. The zero-order valence-corrected chi connectivity index (χ0v) is 10.7. The molecular weight excluding hydrogens is 245 g/mol. The van der Waals surface area contributed by atoms with Gasteiger partial charge in [-0.3, -0.25) is 0 Å². The van der Waals surface area contributed by atoms with Crippen LogP contribution in [-0.4, -0.2) is 37.6 Å². The van der Waals surface area contributed by atoms with E-state index in [0.29, 0.717) is 13.0 Å². The van der Waals surface area contributed by atoms with Gasteiger partial charge in [-0.1, -0.05) is 0 Å². The fraction of sp³-hybridized carbons (Fsp3) is 0.800. The van der Waals surface area contributed by atoms with Crippen molar-refractivity contribution in [2.45, 2.75) is 44.9 Å². The quantitative estimate of drug-likeness (QED) is 0.383. The third-order valence-electron chi connectivity index (χ3n) is 1.84. The Bertz CT molecular complexity index is 174. The second kappa shape index (κ2) is 9.22. The molecule has 0 fully saturated rings. The molecule has 0 N–H and O–H groups in total. The van der Waals surface area contributed by atoms with E-state index in [0.717, 1.165) is 31.0 Å². The van der Waals surface area contributed by atoms with Gasteiger partial charge < -0.3 is 0 Å². The summed E-state index contributed by atoms with van der Waals surface area (Å²) in [7, 11) is 0. The molecule has 0 radical (unpaired) electrons. The van der Waals surface area contributed by atoms with Gasteiger partial charge in [0.2, 0.25) is 0 Å². The Morgan fingerprint density at radius 3 is 2.43 bits per heavy atom. The monoisotopic (exact) mass is 265 g/mol. The SMILES string of the molecule is CCCC[Se]C(=O)N(C=O)CCCC. The molecule has 0 unspecified atom stereocenters. The first-order valence-electron chi connectivity index (χ1n) is 5.14. The van der Waals surface area contributed by atoms with Crippen LogP contribution >= 0.6 is 0 Å². The molecule has 82 valence electrons. The Morgan fingerprint density at radius 2 is 1.93 bits per heavy atom. The molecular formula is C10H19NO2Se. The number of hydrogen-bond donors (Lipinski definition) is 0. The second-order valence-electron chi connectivity index (χ2n) is 3.12. The fourth-order valence-corrected chi connectivity index (χ4v) is 2.81. The molecule has 0 aliphatic heterocycles. The Morgan fingerprint density at radius 1 is 1.29 bits per heavy atom. The van der Waals surface area contributed by atoms with Crippen molar-refractivity contribution < 1.29 is 9.59 Å². The third kappa shape index (κ3) is 6.16. The van der Waals surface area contributed by atoms with Crippen LogP contribution in [0.15, 0.2) is 0 Å². The van der Waals surface area contributed by atoms with Crippen molar-refractivity contribution in [3.8, 4) is 0 Å². The molecule has 0 bridgehead atoms. The minimum absolute atomic E-state index is 0.0365. The molecule has 0 aromatic carbocycles. The average Bonchev–Trinajstić information content (AvgIpc) is 2.19. The maximum absolute atomic E-state index is 11.5. The standard InChI is InChI=1S/C10H19NO2Se/c1-3-5-7-11(9-12)10(13)14-8-6-4-2/h9H,3-8H2,1-2H3. The summed E-state index contributed by atoms with van der Waals surface area (Å²) in [6, 6.07) is 0. The van der Waals surface area contributed by atoms with E-state index in [9.17, 15) is 9.59 Å². The van der Waals surface area contributed by atoms with Crippen LogP contribution in [-0.2, 0) is 4.79 Å². The van der Waals surface area contributed by atoms with Gasteiger partial charge in [0.15, 0.2) is 0 Å². The topological polar surface area (TPSA) is 37.4 Å². The summed E-state index contributed by atoms with van der Waals surface area (Å²) in [5.74, 6) is 0. The van der Waals surface area contributed by atoms with Gasteiger partial charge in [0.1, 0.15) is 0 Å². The molecule has 0 saturated heterocycles. The summed E-state index contributed by atoms with van der Waals surface area (Å²) in [5.41, 5.74) is 0. The van der Waals surface area contributed by atoms with E-state index in [1.54, 1.807) is 0 Å². The van der Waals surface area contributed by atoms with Crippen LogP contribution in [0.2, 0.25) is 5.32 Å². The molecule has 0 aliphatic rings. The molecule has 0 aliphatic carbocycles. The van der Waals surface area contributed by atoms with Gasteiger partial charge in [-0.2, -0.15) is 0 Å². The van der Waals surface area contributed by atoms with Crippen molar-refractivity contribution in [3.63, 3.8) is 0 Å². The van der Waals surface area contributed by atoms with Crippen molar-refractivity contribution in [2.75, 3.05) is 6.54 Å². The second-order valence-corrected chi connectivity index (χ2v) is 5.32. The van der Waals surface area contributed by atoms with Crippen LogP contribution in [0, 0.1) is 0 Å². The summed E-state index contributed by atoms with van der Waals surface area (Å²) in [5, 5.41) is 0.957. The van der Waals surface area contributed by atoms with E-state index >= 15 is 0 Å². The number of nitrogens with zero attached hydrogens (tertiary/aromatic N) is 1. The number of rotatable bonds is 8. The van der Waals surface area contributed by atoms with Gasteiger partial charge >= 0.3 is 92.1 Å². The van der Waals surface area contributed by atoms with Crippen molar-refractivity contribution in [1.82, 2.24) is 4.90 Å². The third-order valence-corrected chi connectivity index (χ3v) is 3.88. The first-order chi connectivity index (χ1) is 6.76. The number of amides is 2. The summed E-state index contributed by atoms with van der Waals surface area (Å²) < 4.78 is 0. The summed E-state index contributed by atoms with van der Waals surface area (Å²) >= 11 is -0.0370. The van der Waals surface area contributed by atoms with E-state index in [4.69, 9.17) is 0 Å². The molecule has 0 saturated carbocycles. The molecule has 3 nitrogen and oxygen atoms in total. The van der Waals surface area contributed by atoms with Crippen LogP contribution in [0.5, 0.6) is 0 Å². The zero-order valence-electron chi connectivity index (χ0n) is 8.99. The first-order valence-corrected chi connectivity index (χ1v) is 7.21. The zero-order chi connectivity index (χ0) is 10.8. The van der Waals surface area contributed by atoms with Gasteiger partial charge in [0, 0.05) is 0 Å². The van der Waals surface area contributed by atoms with Crippen LogP contribution < -0.4 is 0 Å². The normalized spacial score (nSPS) is 9.86. The van der Waals surface area contributed by atoms with Gasteiger partial charge in [-0.25, -0.2) is 0 Å². The van der Waals surface area contributed by atoms with E-state index in [1.165, 1.54) is 4.90 Å². The van der Waals surface area contributed by atoms with E-state index in [-0.39, 0.29) is 19.8 Å². The Balaban J connectivity index is 3.73. The fourth-order valence-electron chi connectivity index (χ4n) is 0.902. The molecule has 0 aromatic rings. The number of carbonyl (C=O) groups excluding carboxylic acids is 2. The van der Waals surface area contributed by atoms with Gasteiger partial charge in [0.25, 0.3) is 0 Å². The molecule has 14 heavy (non-hydrogen) atoms. The Hall–Kier alpha value is -0.341. The molecule has 2 amide bonds.